The van der Waals surface area contributed by atoms with E-state index < -0.39 is 31.1 Å². The Hall–Kier alpha value is -1.66. The highest BCUT2D eigenvalue weighted by Crippen LogP contribution is 2.45. The van der Waals surface area contributed by atoms with Crippen molar-refractivity contribution in [3.63, 3.8) is 0 Å². The third-order valence-electron chi connectivity index (χ3n) is 4.18. The van der Waals surface area contributed by atoms with Gasteiger partial charge in [0.05, 0.1) is 45.6 Å². The second-order valence-electron chi connectivity index (χ2n) is 8.43. The van der Waals surface area contributed by atoms with E-state index in [1.54, 1.807) is 14.2 Å². The fourth-order valence-corrected chi connectivity index (χ4v) is 5.32. The SMILES string of the molecule is COc1cccc([S@@](=O)C(C)(C)C)c1-c1c(OC)cccc1[S@@](=O)C(C)(C)C. The van der Waals surface area contributed by atoms with Gasteiger partial charge in [0.2, 0.25) is 0 Å². The molecule has 0 radical (unpaired) electrons. The Morgan fingerprint density at radius 3 is 1.21 bits per heavy atom. The standard InChI is InChI=1S/C22H30O4S2/c1-21(2,3)27(23)17-13-9-11-15(25-7)19(17)20-16(26-8)12-10-14-18(20)28(24)22(4,5)6/h9-14H,1-8H3/t27-,28-/m1/s1. The Morgan fingerprint density at radius 1 is 0.643 bits per heavy atom. The molecule has 0 N–H and O–H groups in total. The highest BCUT2D eigenvalue weighted by Gasteiger charge is 2.31. The van der Waals surface area contributed by atoms with Gasteiger partial charge in [0.15, 0.2) is 0 Å². The van der Waals surface area contributed by atoms with Crippen molar-refractivity contribution in [3.8, 4) is 22.6 Å². The van der Waals surface area contributed by atoms with Crippen molar-refractivity contribution >= 4 is 21.6 Å². The van der Waals surface area contributed by atoms with E-state index in [4.69, 9.17) is 9.47 Å². The van der Waals surface area contributed by atoms with Crippen molar-refractivity contribution in [2.45, 2.75) is 60.8 Å². The van der Waals surface area contributed by atoms with Crippen molar-refractivity contribution in [2.75, 3.05) is 14.2 Å². The van der Waals surface area contributed by atoms with Crippen LogP contribution in [0.3, 0.4) is 0 Å². The molecule has 0 heterocycles. The van der Waals surface area contributed by atoms with Gasteiger partial charge in [0.25, 0.3) is 0 Å². The molecular formula is C22H30O4S2. The summed E-state index contributed by atoms with van der Waals surface area (Å²) in [7, 11) is 0.539. The molecule has 2 aromatic rings. The van der Waals surface area contributed by atoms with Gasteiger partial charge in [-0.2, -0.15) is 0 Å². The first-order valence-electron chi connectivity index (χ1n) is 9.11. The summed E-state index contributed by atoms with van der Waals surface area (Å²) in [6, 6.07) is 11.0. The molecule has 28 heavy (non-hydrogen) atoms. The van der Waals surface area contributed by atoms with Gasteiger partial charge in [0.1, 0.15) is 11.5 Å². The van der Waals surface area contributed by atoms with Crippen LogP contribution in [-0.2, 0) is 21.6 Å². The molecule has 2 rings (SSSR count). The fourth-order valence-electron chi connectivity index (χ4n) is 2.82. The fraction of sp³-hybridized carbons (Fsp3) is 0.455. The summed E-state index contributed by atoms with van der Waals surface area (Å²) in [4.78, 5) is 1.28. The van der Waals surface area contributed by atoms with Crippen LogP contribution in [0, 0.1) is 0 Å². The van der Waals surface area contributed by atoms with Crippen molar-refractivity contribution < 1.29 is 17.9 Å². The smallest absolute Gasteiger partial charge is 0.128 e. The predicted octanol–water partition coefficient (Wildman–Crippen LogP) is 5.18. The molecule has 0 aliphatic carbocycles. The van der Waals surface area contributed by atoms with E-state index in [0.29, 0.717) is 32.4 Å². The van der Waals surface area contributed by atoms with Crippen LogP contribution < -0.4 is 9.47 Å². The van der Waals surface area contributed by atoms with Crippen LogP contribution in [0.2, 0.25) is 0 Å². The Bertz CT molecular complexity index is 830. The summed E-state index contributed by atoms with van der Waals surface area (Å²) in [6.45, 7) is 11.6. The molecule has 0 spiro atoms. The van der Waals surface area contributed by atoms with Gasteiger partial charge in [-0.3, -0.25) is 8.42 Å². The van der Waals surface area contributed by atoms with E-state index in [-0.39, 0.29) is 0 Å². The summed E-state index contributed by atoms with van der Waals surface area (Å²) >= 11 is 0. The lowest BCUT2D eigenvalue weighted by Gasteiger charge is -2.25. The molecule has 2 aromatic carbocycles. The Kier molecular flexibility index (Phi) is 6.77. The van der Waals surface area contributed by atoms with E-state index in [1.807, 2.05) is 77.9 Å². The normalized spacial score (nSPS) is 14.4. The van der Waals surface area contributed by atoms with Gasteiger partial charge in [-0.1, -0.05) is 12.1 Å². The molecule has 0 aromatic heterocycles. The minimum absolute atomic E-state index is 0.466. The van der Waals surface area contributed by atoms with E-state index in [2.05, 4.69) is 0 Å². The van der Waals surface area contributed by atoms with Crippen LogP contribution >= 0.6 is 0 Å². The van der Waals surface area contributed by atoms with Crippen molar-refractivity contribution in [3.05, 3.63) is 36.4 Å². The second kappa shape index (κ2) is 8.37. The molecule has 2 atom stereocenters. The van der Waals surface area contributed by atoms with E-state index in [1.165, 1.54) is 0 Å². The lowest BCUT2D eigenvalue weighted by Crippen LogP contribution is -2.24. The van der Waals surface area contributed by atoms with Gasteiger partial charge in [-0.25, -0.2) is 0 Å². The number of hydrogen-bond donors (Lipinski definition) is 0. The number of methoxy groups -OCH3 is 2. The molecule has 6 heteroatoms. The van der Waals surface area contributed by atoms with Gasteiger partial charge in [-0.15, -0.1) is 0 Å². The molecule has 4 nitrogen and oxygen atoms in total. The summed E-state index contributed by atoms with van der Waals surface area (Å²) in [5, 5.41) is 0. The summed E-state index contributed by atoms with van der Waals surface area (Å²) < 4.78 is 37.0. The van der Waals surface area contributed by atoms with Gasteiger partial charge in [0, 0.05) is 20.6 Å². The summed E-state index contributed by atoms with van der Waals surface area (Å²) in [5.74, 6) is 1.15. The number of rotatable bonds is 5. The zero-order valence-corrected chi connectivity index (χ0v) is 19.5. The number of benzene rings is 2. The second-order valence-corrected chi connectivity index (χ2v) is 12.8. The number of ether oxygens (including phenoxy) is 2. The molecule has 0 fully saturated rings. The average Bonchev–Trinajstić information content (AvgIpc) is 2.63. The average molecular weight is 423 g/mol. The van der Waals surface area contributed by atoms with E-state index >= 15 is 0 Å². The van der Waals surface area contributed by atoms with Crippen molar-refractivity contribution in [1.82, 2.24) is 0 Å². The highest BCUT2D eigenvalue weighted by atomic mass is 32.2. The quantitative estimate of drug-likeness (QED) is 0.666. The van der Waals surface area contributed by atoms with E-state index in [0.717, 1.165) is 0 Å². The molecule has 154 valence electrons. The lowest BCUT2D eigenvalue weighted by molar-refractivity contribution is 0.408. The summed E-state index contributed by atoms with van der Waals surface area (Å²) in [6.07, 6.45) is 0. The molecule has 0 amide bonds. The van der Waals surface area contributed by atoms with Gasteiger partial charge < -0.3 is 9.47 Å². The van der Waals surface area contributed by atoms with Crippen LogP contribution in [0.5, 0.6) is 11.5 Å². The third kappa shape index (κ3) is 4.49. The highest BCUT2D eigenvalue weighted by molar-refractivity contribution is 7.87. The minimum Gasteiger partial charge on any atom is -0.496 e. The monoisotopic (exact) mass is 422 g/mol. The first-order chi connectivity index (χ1) is 12.9. The Morgan fingerprint density at radius 2 is 0.964 bits per heavy atom. The van der Waals surface area contributed by atoms with Crippen LogP contribution in [0.25, 0.3) is 11.1 Å². The third-order valence-corrected chi connectivity index (χ3v) is 7.88. The maximum absolute atomic E-state index is 13.3. The van der Waals surface area contributed by atoms with Crippen LogP contribution in [0.1, 0.15) is 41.5 Å². The topological polar surface area (TPSA) is 52.6 Å². The maximum Gasteiger partial charge on any atom is 0.128 e. The van der Waals surface area contributed by atoms with Crippen LogP contribution in [-0.4, -0.2) is 32.1 Å². The molecule has 0 saturated heterocycles. The Labute approximate surface area is 173 Å². The summed E-state index contributed by atoms with van der Waals surface area (Å²) in [5.41, 5.74) is 1.34. The molecule has 0 aliphatic heterocycles. The van der Waals surface area contributed by atoms with Crippen molar-refractivity contribution in [1.29, 1.82) is 0 Å². The Balaban J connectivity index is 2.96. The zero-order valence-electron chi connectivity index (χ0n) is 17.9. The molecule has 0 aliphatic rings. The molecular weight excluding hydrogens is 392 g/mol. The van der Waals surface area contributed by atoms with Crippen molar-refractivity contribution in [2.24, 2.45) is 0 Å². The van der Waals surface area contributed by atoms with Gasteiger partial charge >= 0.3 is 0 Å². The van der Waals surface area contributed by atoms with Crippen LogP contribution in [0.15, 0.2) is 46.2 Å². The first kappa shape index (κ1) is 22.6. The zero-order chi connectivity index (χ0) is 21.3. The molecule has 0 saturated carbocycles. The first-order valence-corrected chi connectivity index (χ1v) is 11.4. The van der Waals surface area contributed by atoms with Gasteiger partial charge in [-0.05, 0) is 65.8 Å². The maximum atomic E-state index is 13.3. The predicted molar refractivity (Wildman–Crippen MR) is 117 cm³/mol. The molecule has 0 unspecified atom stereocenters. The lowest BCUT2D eigenvalue weighted by atomic mass is 10.0. The minimum atomic E-state index is -1.31. The number of hydrogen-bond acceptors (Lipinski definition) is 4. The van der Waals surface area contributed by atoms with Crippen LogP contribution in [0.4, 0.5) is 0 Å². The molecule has 0 bridgehead atoms. The largest absolute Gasteiger partial charge is 0.496 e. The van der Waals surface area contributed by atoms with E-state index in [9.17, 15) is 8.42 Å².